The normalized spacial score (nSPS) is 14.7. The summed E-state index contributed by atoms with van der Waals surface area (Å²) in [6.45, 7) is 4.28. The Balaban J connectivity index is 2.03. The first-order valence-electron chi connectivity index (χ1n) is 6.06. The van der Waals surface area contributed by atoms with Gasteiger partial charge >= 0.3 is 0 Å². The van der Waals surface area contributed by atoms with Crippen LogP contribution in [0, 0.1) is 0 Å². The molecule has 0 aliphatic carbocycles. The molecule has 0 amide bonds. The Hall–Kier alpha value is -0.650. The zero-order chi connectivity index (χ0) is 13.1. The third-order valence-corrected chi connectivity index (χ3v) is 4.60. The van der Waals surface area contributed by atoms with Gasteiger partial charge in [0.2, 0.25) is 0 Å². The lowest BCUT2D eigenvalue weighted by Gasteiger charge is -2.09. The molecule has 0 aromatic carbocycles. The minimum Gasteiger partial charge on any atom is -0.388 e. The topological polar surface area (TPSA) is 38.0 Å². The summed E-state index contributed by atoms with van der Waals surface area (Å²) in [7, 11) is 0. The Morgan fingerprint density at radius 2 is 2.33 bits per heavy atom. The summed E-state index contributed by atoms with van der Waals surface area (Å²) in [5.74, 6) is 0. The standard InChI is InChI=1S/C13H17BrN2OS/c1-3-9(2)16-5-4-11(15-16)7-12(17)10-6-13(14)18-8-10/h4-6,8-9,12,17H,3,7H2,1-2H3. The van der Waals surface area contributed by atoms with Crippen molar-refractivity contribution >= 4 is 27.3 Å². The number of rotatable bonds is 5. The molecule has 2 aromatic rings. The van der Waals surface area contributed by atoms with Gasteiger partial charge in [0.25, 0.3) is 0 Å². The lowest BCUT2D eigenvalue weighted by atomic mass is 10.1. The number of halogens is 1. The average Bonchev–Trinajstić information content (AvgIpc) is 2.97. The van der Waals surface area contributed by atoms with E-state index in [0.29, 0.717) is 12.5 Å². The van der Waals surface area contributed by atoms with Crippen LogP contribution in [0.1, 0.15) is 43.7 Å². The molecule has 2 heterocycles. The molecule has 0 fully saturated rings. The van der Waals surface area contributed by atoms with E-state index < -0.39 is 6.10 Å². The molecule has 2 rings (SSSR count). The zero-order valence-corrected chi connectivity index (χ0v) is 12.9. The van der Waals surface area contributed by atoms with Gasteiger partial charge in [0, 0.05) is 18.7 Å². The summed E-state index contributed by atoms with van der Waals surface area (Å²) < 4.78 is 3.01. The second kappa shape index (κ2) is 5.99. The molecule has 3 nitrogen and oxygen atoms in total. The Bertz CT molecular complexity index is 509. The second-order valence-electron chi connectivity index (χ2n) is 4.45. The molecule has 0 aliphatic heterocycles. The molecule has 0 saturated carbocycles. The van der Waals surface area contributed by atoms with Crippen LogP contribution in [0.3, 0.4) is 0 Å². The summed E-state index contributed by atoms with van der Waals surface area (Å²) in [5, 5.41) is 16.6. The van der Waals surface area contributed by atoms with Gasteiger partial charge in [0.1, 0.15) is 0 Å². The van der Waals surface area contributed by atoms with Gasteiger partial charge in [-0.3, -0.25) is 4.68 Å². The van der Waals surface area contributed by atoms with E-state index in [2.05, 4.69) is 34.9 Å². The lowest BCUT2D eigenvalue weighted by Crippen LogP contribution is -2.06. The molecular weight excluding hydrogens is 312 g/mol. The molecule has 0 saturated heterocycles. The number of thiophene rings is 1. The number of hydrogen-bond donors (Lipinski definition) is 1. The largest absolute Gasteiger partial charge is 0.388 e. The average molecular weight is 329 g/mol. The fourth-order valence-corrected chi connectivity index (χ4v) is 2.96. The van der Waals surface area contributed by atoms with Crippen LogP contribution in [-0.4, -0.2) is 14.9 Å². The highest BCUT2D eigenvalue weighted by Crippen LogP contribution is 2.27. The molecule has 2 atom stereocenters. The van der Waals surface area contributed by atoms with Crippen LogP contribution in [0.25, 0.3) is 0 Å². The fraction of sp³-hybridized carbons (Fsp3) is 0.462. The van der Waals surface area contributed by atoms with Crippen LogP contribution in [0.5, 0.6) is 0 Å². The van der Waals surface area contributed by atoms with Crippen molar-refractivity contribution in [2.24, 2.45) is 0 Å². The summed E-state index contributed by atoms with van der Waals surface area (Å²) in [6.07, 6.45) is 3.13. The summed E-state index contributed by atoms with van der Waals surface area (Å²) in [6, 6.07) is 4.35. The molecule has 98 valence electrons. The summed E-state index contributed by atoms with van der Waals surface area (Å²) >= 11 is 4.99. The van der Waals surface area contributed by atoms with Gasteiger partial charge in [0.05, 0.1) is 15.6 Å². The molecule has 0 aliphatic rings. The quantitative estimate of drug-likeness (QED) is 0.902. The molecule has 0 radical (unpaired) electrons. The minimum atomic E-state index is -0.479. The molecule has 2 aromatic heterocycles. The number of aliphatic hydroxyl groups is 1. The van der Waals surface area contributed by atoms with E-state index in [9.17, 15) is 5.11 Å². The van der Waals surface area contributed by atoms with Crippen molar-refractivity contribution in [2.75, 3.05) is 0 Å². The molecule has 2 unspecified atom stereocenters. The summed E-state index contributed by atoms with van der Waals surface area (Å²) in [5.41, 5.74) is 1.88. The fourth-order valence-electron chi connectivity index (χ4n) is 1.73. The van der Waals surface area contributed by atoms with Crippen LogP contribution in [0.2, 0.25) is 0 Å². The van der Waals surface area contributed by atoms with Crippen molar-refractivity contribution in [3.63, 3.8) is 0 Å². The van der Waals surface area contributed by atoms with Gasteiger partial charge in [-0.15, -0.1) is 11.3 Å². The van der Waals surface area contributed by atoms with E-state index in [1.165, 1.54) is 0 Å². The van der Waals surface area contributed by atoms with Crippen LogP contribution < -0.4 is 0 Å². The number of aliphatic hydroxyl groups excluding tert-OH is 1. The van der Waals surface area contributed by atoms with Gasteiger partial charge in [-0.2, -0.15) is 5.10 Å². The van der Waals surface area contributed by atoms with Crippen molar-refractivity contribution in [2.45, 2.75) is 38.8 Å². The van der Waals surface area contributed by atoms with Gasteiger partial charge in [0.15, 0.2) is 0 Å². The summed E-state index contributed by atoms with van der Waals surface area (Å²) in [4.78, 5) is 0. The molecular formula is C13H17BrN2OS. The smallest absolute Gasteiger partial charge is 0.0854 e. The van der Waals surface area contributed by atoms with Crippen molar-refractivity contribution in [3.05, 3.63) is 38.8 Å². The predicted octanol–water partition coefficient (Wildman–Crippen LogP) is 3.95. The van der Waals surface area contributed by atoms with Crippen LogP contribution in [-0.2, 0) is 6.42 Å². The first-order chi connectivity index (χ1) is 8.60. The maximum Gasteiger partial charge on any atom is 0.0854 e. The van der Waals surface area contributed by atoms with Crippen molar-refractivity contribution < 1.29 is 5.11 Å². The molecule has 5 heteroatoms. The van der Waals surface area contributed by atoms with Gasteiger partial charge in [-0.25, -0.2) is 0 Å². The van der Waals surface area contributed by atoms with Crippen LogP contribution in [0.4, 0.5) is 0 Å². The Morgan fingerprint density at radius 3 is 2.94 bits per heavy atom. The monoisotopic (exact) mass is 328 g/mol. The number of nitrogens with zero attached hydrogens (tertiary/aromatic N) is 2. The Morgan fingerprint density at radius 1 is 1.56 bits per heavy atom. The van der Waals surface area contributed by atoms with E-state index in [1.54, 1.807) is 11.3 Å². The minimum absolute atomic E-state index is 0.409. The van der Waals surface area contributed by atoms with Crippen molar-refractivity contribution in [1.82, 2.24) is 9.78 Å². The molecule has 1 N–H and O–H groups in total. The third kappa shape index (κ3) is 3.22. The van der Waals surface area contributed by atoms with E-state index >= 15 is 0 Å². The highest BCUT2D eigenvalue weighted by Gasteiger charge is 2.13. The van der Waals surface area contributed by atoms with Crippen LogP contribution >= 0.6 is 27.3 Å². The number of aromatic nitrogens is 2. The second-order valence-corrected chi connectivity index (χ2v) is 6.74. The van der Waals surface area contributed by atoms with E-state index in [4.69, 9.17) is 0 Å². The van der Waals surface area contributed by atoms with Crippen molar-refractivity contribution in [1.29, 1.82) is 0 Å². The van der Waals surface area contributed by atoms with E-state index in [0.717, 1.165) is 21.5 Å². The number of hydrogen-bond acceptors (Lipinski definition) is 3. The highest BCUT2D eigenvalue weighted by molar-refractivity contribution is 9.11. The van der Waals surface area contributed by atoms with E-state index in [1.807, 2.05) is 28.4 Å². The van der Waals surface area contributed by atoms with E-state index in [-0.39, 0.29) is 0 Å². The van der Waals surface area contributed by atoms with Gasteiger partial charge in [-0.1, -0.05) is 6.92 Å². The molecule has 0 spiro atoms. The Kier molecular flexibility index (Phi) is 4.59. The predicted molar refractivity (Wildman–Crippen MR) is 77.9 cm³/mol. The van der Waals surface area contributed by atoms with Gasteiger partial charge in [-0.05, 0) is 52.4 Å². The third-order valence-electron chi connectivity index (χ3n) is 3.08. The van der Waals surface area contributed by atoms with Crippen LogP contribution in [0.15, 0.2) is 27.5 Å². The highest BCUT2D eigenvalue weighted by atomic mass is 79.9. The zero-order valence-electron chi connectivity index (χ0n) is 10.5. The SMILES string of the molecule is CCC(C)n1ccc(CC(O)c2csc(Br)c2)n1. The lowest BCUT2D eigenvalue weighted by molar-refractivity contribution is 0.177. The Labute approximate surface area is 120 Å². The maximum absolute atomic E-state index is 10.1. The molecule has 18 heavy (non-hydrogen) atoms. The first-order valence-corrected chi connectivity index (χ1v) is 7.73. The molecule has 0 bridgehead atoms. The van der Waals surface area contributed by atoms with Gasteiger partial charge < -0.3 is 5.11 Å². The first kappa shape index (κ1) is 13.8. The maximum atomic E-state index is 10.1. The van der Waals surface area contributed by atoms with Crippen molar-refractivity contribution in [3.8, 4) is 0 Å².